The third-order valence-corrected chi connectivity index (χ3v) is 3.31. The van der Waals surface area contributed by atoms with Crippen LogP contribution >= 0.6 is 0 Å². The van der Waals surface area contributed by atoms with E-state index in [0.29, 0.717) is 12.1 Å². The molecule has 0 unspecified atom stereocenters. The monoisotopic (exact) mass is 398 g/mol. The Morgan fingerprint density at radius 1 is 1.26 bits per heavy atom. The zero-order valence-corrected chi connectivity index (χ0v) is 13.8. The van der Waals surface area contributed by atoms with Crippen molar-refractivity contribution < 1.29 is 36.0 Å². The topological polar surface area (TPSA) is 82.2 Å². The van der Waals surface area contributed by atoms with E-state index in [9.17, 15) is 36.5 Å². The van der Waals surface area contributed by atoms with E-state index in [4.69, 9.17) is 0 Å². The third kappa shape index (κ3) is 4.80. The zero-order chi connectivity index (χ0) is 20.6. The average molecular weight is 398 g/mol. The van der Waals surface area contributed by atoms with Crippen LogP contribution in [0.15, 0.2) is 18.2 Å². The molecule has 0 aliphatic rings. The lowest BCUT2D eigenvalue weighted by molar-refractivity contribution is -0.384. The fraction of sp³-hybridized carbons (Fsp3) is 0.357. The number of aromatic nitrogens is 2. The summed E-state index contributed by atoms with van der Waals surface area (Å²) in [5.41, 5.74) is -2.11. The van der Waals surface area contributed by atoms with E-state index < -0.39 is 40.9 Å². The Labute approximate surface area is 147 Å². The Hall–Kier alpha value is -2.99. The van der Waals surface area contributed by atoms with E-state index in [-0.39, 0.29) is 17.2 Å². The fourth-order valence-electron chi connectivity index (χ4n) is 2.26. The van der Waals surface area contributed by atoms with Gasteiger partial charge in [-0.1, -0.05) is 0 Å². The maximum atomic E-state index is 13.2. The number of aryl methyl sites for hydroxylation is 2. The molecule has 1 heterocycles. The minimum atomic E-state index is -5.01. The predicted octanol–water partition coefficient (Wildman–Crippen LogP) is 4.34. The molecule has 0 spiro atoms. The molecule has 0 bridgehead atoms. The van der Waals surface area contributed by atoms with Gasteiger partial charge < -0.3 is 10.1 Å². The number of nitrogens with one attached hydrogen (secondary N) is 1. The molecule has 0 atom stereocenters. The standard InChI is InChI=1S/C14H12F6N4O3/c1-7-11(24(25)26)12(23(2)22-7)21-8-3-4-10(27-6-13(15,16)17)9(5-8)14(18,19)20/h3-5,21H,6H2,1-2H3. The Bertz CT molecular complexity index is 860. The van der Waals surface area contributed by atoms with Gasteiger partial charge in [0.2, 0.25) is 5.82 Å². The van der Waals surface area contributed by atoms with Gasteiger partial charge in [0, 0.05) is 12.7 Å². The molecule has 1 aromatic carbocycles. The van der Waals surface area contributed by atoms with Crippen LogP contribution in [0.3, 0.4) is 0 Å². The van der Waals surface area contributed by atoms with Gasteiger partial charge in [-0.15, -0.1) is 0 Å². The quantitative estimate of drug-likeness (QED) is 0.460. The summed E-state index contributed by atoms with van der Waals surface area (Å²) in [5.74, 6) is -1.20. The summed E-state index contributed by atoms with van der Waals surface area (Å²) in [6, 6.07) is 2.21. The second-order valence-corrected chi connectivity index (χ2v) is 5.40. The van der Waals surface area contributed by atoms with E-state index in [1.165, 1.54) is 14.0 Å². The minimum Gasteiger partial charge on any atom is -0.483 e. The number of hydrogen-bond donors (Lipinski definition) is 1. The summed E-state index contributed by atoms with van der Waals surface area (Å²) in [6.45, 7) is -0.548. The number of nitrogens with zero attached hydrogens (tertiary/aromatic N) is 3. The predicted molar refractivity (Wildman–Crippen MR) is 80.9 cm³/mol. The van der Waals surface area contributed by atoms with Crippen molar-refractivity contribution in [1.29, 1.82) is 0 Å². The normalized spacial score (nSPS) is 12.1. The molecule has 0 fully saturated rings. The first-order chi connectivity index (χ1) is 12.3. The fourth-order valence-corrected chi connectivity index (χ4v) is 2.26. The van der Waals surface area contributed by atoms with Gasteiger partial charge in [-0.3, -0.25) is 10.1 Å². The zero-order valence-electron chi connectivity index (χ0n) is 13.8. The highest BCUT2D eigenvalue weighted by atomic mass is 19.4. The Morgan fingerprint density at radius 2 is 1.89 bits per heavy atom. The molecule has 0 aliphatic heterocycles. The first kappa shape index (κ1) is 20.3. The summed E-state index contributed by atoms with van der Waals surface area (Å²) < 4.78 is 81.4. The number of hydrogen-bond acceptors (Lipinski definition) is 5. The molecule has 0 saturated carbocycles. The van der Waals surface area contributed by atoms with E-state index in [0.717, 1.165) is 10.7 Å². The van der Waals surface area contributed by atoms with E-state index in [2.05, 4.69) is 15.2 Å². The van der Waals surface area contributed by atoms with E-state index in [1.54, 1.807) is 0 Å². The maximum absolute atomic E-state index is 13.2. The van der Waals surface area contributed by atoms with Crippen LogP contribution < -0.4 is 10.1 Å². The molecule has 2 aromatic rings. The molecule has 13 heteroatoms. The lowest BCUT2D eigenvalue weighted by atomic mass is 10.1. The molecule has 2 rings (SSSR count). The highest BCUT2D eigenvalue weighted by Gasteiger charge is 2.37. The van der Waals surface area contributed by atoms with Crippen molar-refractivity contribution in [2.75, 3.05) is 11.9 Å². The van der Waals surface area contributed by atoms with Crippen LogP contribution in [-0.2, 0) is 13.2 Å². The van der Waals surface area contributed by atoms with Crippen molar-refractivity contribution in [3.63, 3.8) is 0 Å². The first-order valence-electron chi connectivity index (χ1n) is 7.15. The third-order valence-electron chi connectivity index (χ3n) is 3.31. The summed E-state index contributed by atoms with van der Waals surface area (Å²) in [4.78, 5) is 10.4. The Kier molecular flexibility index (Phi) is 5.24. The molecule has 0 aliphatic carbocycles. The van der Waals surface area contributed by atoms with Gasteiger partial charge in [-0.25, -0.2) is 4.68 Å². The Balaban J connectivity index is 2.42. The van der Waals surface area contributed by atoms with Crippen molar-refractivity contribution in [2.24, 2.45) is 7.05 Å². The van der Waals surface area contributed by atoms with Crippen LogP contribution in [0.1, 0.15) is 11.3 Å². The van der Waals surface area contributed by atoms with Gasteiger partial charge in [0.1, 0.15) is 11.4 Å². The molecule has 1 aromatic heterocycles. The van der Waals surface area contributed by atoms with Gasteiger partial charge in [-0.2, -0.15) is 31.4 Å². The van der Waals surface area contributed by atoms with Crippen molar-refractivity contribution in [3.05, 3.63) is 39.6 Å². The molecular weight excluding hydrogens is 386 g/mol. The molecule has 0 radical (unpaired) electrons. The van der Waals surface area contributed by atoms with Crippen molar-refractivity contribution in [2.45, 2.75) is 19.3 Å². The number of anilines is 2. The van der Waals surface area contributed by atoms with Crippen LogP contribution in [-0.4, -0.2) is 27.5 Å². The van der Waals surface area contributed by atoms with Gasteiger partial charge in [0.25, 0.3) is 0 Å². The molecule has 0 saturated heterocycles. The van der Waals surface area contributed by atoms with Crippen LogP contribution in [0, 0.1) is 17.0 Å². The second-order valence-electron chi connectivity index (χ2n) is 5.40. The minimum absolute atomic E-state index is 0.0335. The lowest BCUT2D eigenvalue weighted by Gasteiger charge is -2.16. The van der Waals surface area contributed by atoms with E-state index in [1.807, 2.05) is 0 Å². The number of halogens is 6. The molecular formula is C14H12F6N4O3. The molecule has 1 N–H and O–H groups in total. The SMILES string of the molecule is Cc1nn(C)c(Nc2ccc(OCC(F)(F)F)c(C(F)(F)F)c2)c1[N+](=O)[O-]. The summed E-state index contributed by atoms with van der Waals surface area (Å²) in [6.07, 6.45) is -9.82. The summed E-state index contributed by atoms with van der Waals surface area (Å²) >= 11 is 0. The van der Waals surface area contributed by atoms with Gasteiger partial charge in [-0.05, 0) is 25.1 Å². The van der Waals surface area contributed by atoms with Crippen LogP contribution in [0.2, 0.25) is 0 Å². The van der Waals surface area contributed by atoms with Gasteiger partial charge in [0.05, 0.1) is 10.5 Å². The second kappa shape index (κ2) is 6.96. The van der Waals surface area contributed by atoms with E-state index >= 15 is 0 Å². The van der Waals surface area contributed by atoms with Crippen molar-refractivity contribution in [1.82, 2.24) is 9.78 Å². The van der Waals surface area contributed by atoms with Crippen LogP contribution in [0.4, 0.5) is 43.5 Å². The van der Waals surface area contributed by atoms with Crippen LogP contribution in [0.5, 0.6) is 5.75 Å². The number of benzene rings is 1. The van der Waals surface area contributed by atoms with Gasteiger partial charge in [0.15, 0.2) is 6.61 Å². The highest BCUT2D eigenvalue weighted by molar-refractivity contribution is 5.68. The summed E-state index contributed by atoms with van der Waals surface area (Å²) in [7, 11) is 1.34. The number of ether oxygens (including phenoxy) is 1. The molecule has 0 amide bonds. The Morgan fingerprint density at radius 3 is 2.41 bits per heavy atom. The number of alkyl halides is 6. The summed E-state index contributed by atoms with van der Waals surface area (Å²) in [5, 5.41) is 17.4. The molecule has 148 valence electrons. The molecule has 27 heavy (non-hydrogen) atoms. The van der Waals surface area contributed by atoms with Crippen LogP contribution in [0.25, 0.3) is 0 Å². The first-order valence-corrected chi connectivity index (χ1v) is 7.15. The maximum Gasteiger partial charge on any atom is 0.422 e. The number of nitro groups is 1. The highest BCUT2D eigenvalue weighted by Crippen LogP contribution is 2.39. The molecule has 7 nitrogen and oxygen atoms in total. The van der Waals surface area contributed by atoms with Gasteiger partial charge >= 0.3 is 18.0 Å². The smallest absolute Gasteiger partial charge is 0.422 e. The van der Waals surface area contributed by atoms with Crippen molar-refractivity contribution >= 4 is 17.2 Å². The lowest BCUT2D eigenvalue weighted by Crippen LogP contribution is -2.21. The van der Waals surface area contributed by atoms with Crippen molar-refractivity contribution in [3.8, 4) is 5.75 Å². The number of rotatable bonds is 5. The largest absolute Gasteiger partial charge is 0.483 e. The average Bonchev–Trinajstić information content (AvgIpc) is 2.78.